The summed E-state index contributed by atoms with van der Waals surface area (Å²) in [4.78, 5) is 46.5. The van der Waals surface area contributed by atoms with Crippen LogP contribution in [-0.4, -0.2) is 43.7 Å². The van der Waals surface area contributed by atoms with Crippen molar-refractivity contribution >= 4 is 23.4 Å². The van der Waals surface area contributed by atoms with Gasteiger partial charge < -0.3 is 10.6 Å². The Labute approximate surface area is 207 Å². The Morgan fingerprint density at radius 1 is 1.03 bits per heavy atom. The second-order valence-electron chi connectivity index (χ2n) is 10.3. The molecule has 1 aromatic carbocycles. The molecule has 3 saturated carbocycles. The van der Waals surface area contributed by atoms with Crippen molar-refractivity contribution in [2.24, 2.45) is 10.8 Å². The first-order valence-corrected chi connectivity index (χ1v) is 12.2. The lowest BCUT2D eigenvalue weighted by Crippen LogP contribution is -2.49. The summed E-state index contributed by atoms with van der Waals surface area (Å²) in [5.41, 5.74) is 1.27. The molecule has 2 amide bonds. The van der Waals surface area contributed by atoms with Gasteiger partial charge in [-0.1, -0.05) is 12.1 Å². The molecule has 0 radical (unpaired) electrons. The van der Waals surface area contributed by atoms with E-state index in [0.29, 0.717) is 12.1 Å². The van der Waals surface area contributed by atoms with E-state index in [1.165, 1.54) is 23.0 Å². The topological polar surface area (TPSA) is 118 Å². The molecule has 3 aromatic rings. The number of hydrogen-bond acceptors (Lipinski definition) is 6. The van der Waals surface area contributed by atoms with Gasteiger partial charge in [-0.15, -0.1) is 0 Å². The summed E-state index contributed by atoms with van der Waals surface area (Å²) in [7, 11) is 0. The Morgan fingerprint density at radius 3 is 2.42 bits per heavy atom. The van der Waals surface area contributed by atoms with Crippen LogP contribution in [0.3, 0.4) is 0 Å². The normalized spacial score (nSPS) is 23.0. The minimum Gasteiger partial charge on any atom is -0.350 e. The van der Waals surface area contributed by atoms with E-state index in [4.69, 9.17) is 0 Å². The van der Waals surface area contributed by atoms with Crippen LogP contribution in [0.1, 0.15) is 77.6 Å². The minimum absolute atomic E-state index is 0.00509. The highest BCUT2D eigenvalue weighted by molar-refractivity contribution is 5.98. The van der Waals surface area contributed by atoms with Gasteiger partial charge in [0.25, 0.3) is 17.6 Å². The molecule has 2 heterocycles. The highest BCUT2D eigenvalue weighted by Crippen LogP contribution is 2.56. The lowest BCUT2D eigenvalue weighted by atomic mass is 9.52. The van der Waals surface area contributed by atoms with Crippen LogP contribution in [-0.2, 0) is 11.3 Å². The maximum Gasteiger partial charge on any atom is 0.270 e. The number of Topliss-reactive ketones (excluding diaryl/α,β-unsaturated/α-hetero) is 1. The average Bonchev–Trinajstić information content (AvgIpc) is 3.37. The van der Waals surface area contributed by atoms with E-state index in [0.717, 1.165) is 44.1 Å². The number of benzene rings is 1. The number of amides is 2. The lowest BCUT2D eigenvalue weighted by Gasteiger charge is -2.52. The van der Waals surface area contributed by atoms with Gasteiger partial charge in [-0.25, -0.2) is 9.37 Å². The highest BCUT2D eigenvalue weighted by Gasteiger charge is 2.50. The highest BCUT2D eigenvalue weighted by atomic mass is 19.1. The zero-order chi connectivity index (χ0) is 25.5. The Morgan fingerprint density at radius 2 is 1.75 bits per heavy atom. The van der Waals surface area contributed by atoms with Crippen molar-refractivity contribution < 1.29 is 18.8 Å². The number of carbonyl (C=O) groups excluding carboxylic acids is 3. The van der Waals surface area contributed by atoms with Gasteiger partial charge in [0, 0.05) is 24.6 Å². The van der Waals surface area contributed by atoms with E-state index >= 15 is 0 Å². The monoisotopic (exact) mass is 492 g/mol. The van der Waals surface area contributed by atoms with Crippen LogP contribution in [0.15, 0.2) is 30.6 Å². The number of rotatable bonds is 7. The van der Waals surface area contributed by atoms with Gasteiger partial charge in [0.05, 0.1) is 0 Å². The second-order valence-corrected chi connectivity index (χ2v) is 10.3. The standard InChI is InChI=1S/C26H29FN6O3/c1-16-11-18(3-4-19(16)27)13-28-22(35)20-12-21(33-24(32-20)30-15-31-33)23(36)29-14-25-5-8-26(9-6-25,10-7-25)17(2)34/h3-4,11-12,15H,5-10,13-14H2,1-2H3,(H,28,35)(H,29,36). The third-order valence-electron chi connectivity index (χ3n) is 8.16. The number of aryl methyl sites for hydroxylation is 1. The third-order valence-corrected chi connectivity index (χ3v) is 8.16. The minimum atomic E-state index is -0.477. The van der Waals surface area contributed by atoms with Crippen LogP contribution in [0.5, 0.6) is 0 Å². The predicted molar refractivity (Wildman–Crippen MR) is 129 cm³/mol. The van der Waals surface area contributed by atoms with E-state index in [9.17, 15) is 18.8 Å². The van der Waals surface area contributed by atoms with Crippen LogP contribution in [0, 0.1) is 23.6 Å². The van der Waals surface area contributed by atoms with Crippen molar-refractivity contribution in [1.82, 2.24) is 30.2 Å². The van der Waals surface area contributed by atoms with E-state index in [1.807, 2.05) is 0 Å². The van der Waals surface area contributed by atoms with Gasteiger partial charge in [-0.05, 0) is 75.0 Å². The molecule has 3 aliphatic carbocycles. The molecule has 10 heteroatoms. The Kier molecular flexibility index (Phi) is 6.05. The molecule has 188 valence electrons. The summed E-state index contributed by atoms with van der Waals surface area (Å²) >= 11 is 0. The molecule has 2 aromatic heterocycles. The molecule has 6 rings (SSSR count). The van der Waals surface area contributed by atoms with Crippen LogP contribution in [0.2, 0.25) is 0 Å². The largest absolute Gasteiger partial charge is 0.350 e. The van der Waals surface area contributed by atoms with E-state index in [-0.39, 0.29) is 52.0 Å². The van der Waals surface area contributed by atoms with Gasteiger partial charge in [0.15, 0.2) is 0 Å². The summed E-state index contributed by atoms with van der Waals surface area (Å²) in [6.45, 7) is 4.04. The number of nitrogens with zero attached hydrogens (tertiary/aromatic N) is 4. The third kappa shape index (κ3) is 4.36. The Balaban J connectivity index is 1.29. The fourth-order valence-electron chi connectivity index (χ4n) is 5.59. The molecule has 0 aliphatic heterocycles. The molecule has 3 fully saturated rings. The van der Waals surface area contributed by atoms with Crippen molar-refractivity contribution in [3.05, 3.63) is 58.9 Å². The number of fused-ring (bicyclic) bond motifs is 4. The van der Waals surface area contributed by atoms with Crippen molar-refractivity contribution in [3.63, 3.8) is 0 Å². The van der Waals surface area contributed by atoms with Gasteiger partial charge in [-0.3, -0.25) is 14.4 Å². The van der Waals surface area contributed by atoms with Crippen molar-refractivity contribution in [3.8, 4) is 0 Å². The van der Waals surface area contributed by atoms with Crippen LogP contribution in [0.25, 0.3) is 5.78 Å². The Bertz CT molecular complexity index is 1340. The lowest BCUT2D eigenvalue weighted by molar-refractivity contribution is -0.135. The molecular formula is C26H29FN6O3. The molecule has 0 atom stereocenters. The smallest absolute Gasteiger partial charge is 0.270 e. The van der Waals surface area contributed by atoms with E-state index in [1.54, 1.807) is 26.0 Å². The SMILES string of the molecule is CC(=O)C12CCC(CNC(=O)c3cc(C(=O)NCc4ccc(F)c(C)c4)nc4ncnn34)(CC1)CC2. The van der Waals surface area contributed by atoms with Crippen LogP contribution in [0.4, 0.5) is 4.39 Å². The summed E-state index contributed by atoms with van der Waals surface area (Å²) in [6.07, 6.45) is 6.65. The number of hydrogen-bond donors (Lipinski definition) is 2. The zero-order valence-electron chi connectivity index (χ0n) is 20.4. The number of carbonyl (C=O) groups is 3. The fourth-order valence-corrected chi connectivity index (χ4v) is 5.59. The summed E-state index contributed by atoms with van der Waals surface area (Å²) < 4.78 is 14.8. The number of aromatic nitrogens is 4. The predicted octanol–water partition coefficient (Wildman–Crippen LogP) is 3.16. The van der Waals surface area contributed by atoms with Crippen LogP contribution >= 0.6 is 0 Å². The molecule has 9 nitrogen and oxygen atoms in total. The Hall–Kier alpha value is -3.69. The van der Waals surface area contributed by atoms with Crippen molar-refractivity contribution in [2.75, 3.05) is 6.54 Å². The molecule has 2 N–H and O–H groups in total. The first-order chi connectivity index (χ1) is 17.2. The van der Waals surface area contributed by atoms with Crippen molar-refractivity contribution in [2.45, 2.75) is 58.9 Å². The van der Waals surface area contributed by atoms with Gasteiger partial charge >= 0.3 is 0 Å². The van der Waals surface area contributed by atoms with E-state index < -0.39 is 5.91 Å². The summed E-state index contributed by atoms with van der Waals surface area (Å²) in [5, 5.41) is 9.90. The molecule has 36 heavy (non-hydrogen) atoms. The van der Waals surface area contributed by atoms with Crippen LogP contribution < -0.4 is 10.6 Å². The fraction of sp³-hybridized carbons (Fsp3) is 0.462. The first kappa shape index (κ1) is 24.0. The number of halogens is 1. The number of ketones is 1. The molecule has 0 spiro atoms. The van der Waals surface area contributed by atoms with Gasteiger partial charge in [-0.2, -0.15) is 14.6 Å². The summed E-state index contributed by atoms with van der Waals surface area (Å²) in [5.74, 6) is -0.718. The molecule has 0 saturated heterocycles. The first-order valence-electron chi connectivity index (χ1n) is 12.2. The maximum absolute atomic E-state index is 13.5. The summed E-state index contributed by atoms with van der Waals surface area (Å²) in [6, 6.07) is 6.04. The second kappa shape index (κ2) is 9.07. The van der Waals surface area contributed by atoms with Crippen molar-refractivity contribution in [1.29, 1.82) is 0 Å². The van der Waals surface area contributed by atoms with Gasteiger partial charge in [0.2, 0.25) is 0 Å². The molecule has 2 bridgehead atoms. The molecule has 0 unspecified atom stereocenters. The average molecular weight is 493 g/mol. The number of nitrogens with one attached hydrogen (secondary N) is 2. The maximum atomic E-state index is 13.5. The van der Waals surface area contributed by atoms with E-state index in [2.05, 4.69) is 25.7 Å². The molecular weight excluding hydrogens is 463 g/mol. The van der Waals surface area contributed by atoms with Gasteiger partial charge in [0.1, 0.15) is 29.3 Å². The quantitative estimate of drug-likeness (QED) is 0.523. The zero-order valence-corrected chi connectivity index (χ0v) is 20.4. The molecule has 3 aliphatic rings.